The molecular formula is C16H17NO3. The van der Waals surface area contributed by atoms with Crippen molar-refractivity contribution in [2.75, 3.05) is 6.61 Å². The van der Waals surface area contributed by atoms with Crippen LogP contribution >= 0.6 is 0 Å². The number of ketones is 1. The number of carbonyl (C=O) groups excluding carboxylic acids is 1. The van der Waals surface area contributed by atoms with Gasteiger partial charge in [-0.2, -0.15) is 0 Å². The van der Waals surface area contributed by atoms with Crippen molar-refractivity contribution >= 4 is 5.78 Å². The topological polar surface area (TPSA) is 48.3 Å². The molecule has 0 saturated heterocycles. The molecule has 0 bridgehead atoms. The van der Waals surface area contributed by atoms with E-state index in [0.717, 1.165) is 5.75 Å². The van der Waals surface area contributed by atoms with E-state index in [9.17, 15) is 9.59 Å². The maximum Gasteiger partial charge on any atom is 0.253 e. The number of hydrogen-bond acceptors (Lipinski definition) is 3. The zero-order valence-electron chi connectivity index (χ0n) is 11.6. The van der Waals surface area contributed by atoms with Crippen LogP contribution in [0.2, 0.25) is 0 Å². The van der Waals surface area contributed by atoms with Gasteiger partial charge in [-0.25, -0.2) is 0 Å². The number of pyridine rings is 1. The van der Waals surface area contributed by atoms with Gasteiger partial charge in [0.2, 0.25) is 0 Å². The highest BCUT2D eigenvalue weighted by Gasteiger charge is 2.08. The van der Waals surface area contributed by atoms with Gasteiger partial charge in [-0.15, -0.1) is 0 Å². The second-order valence-electron chi connectivity index (χ2n) is 4.50. The number of hydrogen-bond donors (Lipinski definition) is 0. The highest BCUT2D eigenvalue weighted by molar-refractivity contribution is 5.96. The fourth-order valence-corrected chi connectivity index (χ4v) is 1.93. The molecule has 0 radical (unpaired) electrons. The first kappa shape index (κ1) is 14.1. The Labute approximate surface area is 117 Å². The number of rotatable bonds is 5. The standard InChI is InChI=1S/C16H17NO3/c1-3-20-14-8-6-13(7-9-14)15(18)11-17-10-4-5-12(2)16(17)19/h4-10H,3,11H2,1-2H3. The van der Waals surface area contributed by atoms with E-state index in [1.807, 2.05) is 6.92 Å². The first-order valence-electron chi connectivity index (χ1n) is 6.54. The highest BCUT2D eigenvalue weighted by atomic mass is 16.5. The van der Waals surface area contributed by atoms with Crippen LogP contribution in [0.5, 0.6) is 5.75 Å². The summed E-state index contributed by atoms with van der Waals surface area (Å²) in [7, 11) is 0. The van der Waals surface area contributed by atoms with Crippen LogP contribution in [0.3, 0.4) is 0 Å². The number of Topliss-reactive ketones (excluding diaryl/α,β-unsaturated/α-hetero) is 1. The quantitative estimate of drug-likeness (QED) is 0.785. The van der Waals surface area contributed by atoms with Crippen molar-refractivity contribution in [3.8, 4) is 5.75 Å². The third-order valence-electron chi connectivity index (χ3n) is 3.01. The van der Waals surface area contributed by atoms with E-state index in [1.54, 1.807) is 49.5 Å². The van der Waals surface area contributed by atoms with Crippen LogP contribution in [0.25, 0.3) is 0 Å². The predicted molar refractivity (Wildman–Crippen MR) is 77.4 cm³/mol. The van der Waals surface area contributed by atoms with E-state index < -0.39 is 0 Å². The third kappa shape index (κ3) is 3.15. The van der Waals surface area contributed by atoms with Crippen molar-refractivity contribution in [3.05, 3.63) is 64.1 Å². The number of aromatic nitrogens is 1. The molecule has 0 N–H and O–H groups in total. The van der Waals surface area contributed by atoms with Gasteiger partial charge in [0.15, 0.2) is 5.78 Å². The lowest BCUT2D eigenvalue weighted by atomic mass is 10.1. The smallest absolute Gasteiger partial charge is 0.253 e. The number of benzene rings is 1. The molecule has 0 spiro atoms. The molecule has 20 heavy (non-hydrogen) atoms. The van der Waals surface area contributed by atoms with Crippen molar-refractivity contribution in [2.24, 2.45) is 0 Å². The van der Waals surface area contributed by atoms with Crippen molar-refractivity contribution in [1.82, 2.24) is 4.57 Å². The van der Waals surface area contributed by atoms with Crippen LogP contribution in [0, 0.1) is 6.92 Å². The summed E-state index contributed by atoms with van der Waals surface area (Å²) in [6.45, 7) is 4.28. The van der Waals surface area contributed by atoms with Gasteiger partial charge in [-0.05, 0) is 44.2 Å². The SMILES string of the molecule is CCOc1ccc(C(=O)Cn2cccc(C)c2=O)cc1. The molecular weight excluding hydrogens is 254 g/mol. The summed E-state index contributed by atoms with van der Waals surface area (Å²) in [4.78, 5) is 24.0. The Morgan fingerprint density at radius 3 is 2.55 bits per heavy atom. The maximum atomic E-state index is 12.1. The van der Waals surface area contributed by atoms with Crippen LogP contribution in [-0.2, 0) is 6.54 Å². The summed E-state index contributed by atoms with van der Waals surface area (Å²) < 4.78 is 6.75. The van der Waals surface area contributed by atoms with Gasteiger partial charge < -0.3 is 9.30 Å². The molecule has 4 nitrogen and oxygen atoms in total. The Morgan fingerprint density at radius 2 is 1.90 bits per heavy atom. The van der Waals surface area contributed by atoms with E-state index in [1.165, 1.54) is 4.57 Å². The molecule has 2 aromatic rings. The summed E-state index contributed by atoms with van der Waals surface area (Å²) >= 11 is 0. The van der Waals surface area contributed by atoms with Crippen LogP contribution in [0.4, 0.5) is 0 Å². The molecule has 0 aliphatic heterocycles. The van der Waals surface area contributed by atoms with Gasteiger partial charge in [0, 0.05) is 17.3 Å². The van der Waals surface area contributed by atoms with E-state index >= 15 is 0 Å². The number of nitrogens with zero attached hydrogens (tertiary/aromatic N) is 1. The number of carbonyl (C=O) groups is 1. The minimum atomic E-state index is -0.133. The van der Waals surface area contributed by atoms with Crippen LogP contribution in [0.15, 0.2) is 47.4 Å². The molecule has 0 saturated carbocycles. The van der Waals surface area contributed by atoms with E-state index in [4.69, 9.17) is 4.74 Å². The Bertz CT molecular complexity index is 656. The van der Waals surface area contributed by atoms with Gasteiger partial charge in [-0.1, -0.05) is 6.07 Å². The second-order valence-corrected chi connectivity index (χ2v) is 4.50. The van der Waals surface area contributed by atoms with Crippen LogP contribution in [-0.4, -0.2) is 17.0 Å². The molecule has 2 rings (SSSR count). The Balaban J connectivity index is 2.15. The summed E-state index contributed by atoms with van der Waals surface area (Å²) in [5.41, 5.74) is 1.07. The van der Waals surface area contributed by atoms with Crippen LogP contribution in [0.1, 0.15) is 22.8 Å². The fraction of sp³-hybridized carbons (Fsp3) is 0.250. The molecule has 0 amide bonds. The fourth-order valence-electron chi connectivity index (χ4n) is 1.93. The summed E-state index contributed by atoms with van der Waals surface area (Å²) in [6.07, 6.45) is 1.63. The summed E-state index contributed by atoms with van der Waals surface area (Å²) in [5.74, 6) is 0.637. The summed E-state index contributed by atoms with van der Waals surface area (Å²) in [5, 5.41) is 0. The molecule has 4 heteroatoms. The Kier molecular flexibility index (Phi) is 4.35. The minimum Gasteiger partial charge on any atom is -0.494 e. The Morgan fingerprint density at radius 1 is 1.20 bits per heavy atom. The molecule has 1 aromatic heterocycles. The highest BCUT2D eigenvalue weighted by Crippen LogP contribution is 2.12. The largest absolute Gasteiger partial charge is 0.494 e. The van der Waals surface area contributed by atoms with E-state index in [2.05, 4.69) is 0 Å². The lowest BCUT2D eigenvalue weighted by Gasteiger charge is -2.07. The summed E-state index contributed by atoms with van der Waals surface area (Å²) in [6, 6.07) is 10.5. The van der Waals surface area contributed by atoms with Crippen molar-refractivity contribution in [2.45, 2.75) is 20.4 Å². The Hall–Kier alpha value is -2.36. The average Bonchev–Trinajstić information content (AvgIpc) is 2.45. The molecule has 0 aliphatic rings. The minimum absolute atomic E-state index is 0.0501. The lowest BCUT2D eigenvalue weighted by Crippen LogP contribution is -2.25. The predicted octanol–water partition coefficient (Wildman–Crippen LogP) is 2.44. The molecule has 0 atom stereocenters. The molecule has 1 aromatic carbocycles. The average molecular weight is 271 g/mol. The maximum absolute atomic E-state index is 12.1. The van der Waals surface area contributed by atoms with Gasteiger partial charge in [-0.3, -0.25) is 9.59 Å². The van der Waals surface area contributed by atoms with Crippen molar-refractivity contribution in [3.63, 3.8) is 0 Å². The lowest BCUT2D eigenvalue weighted by molar-refractivity contribution is 0.0971. The molecule has 0 fully saturated rings. The first-order valence-corrected chi connectivity index (χ1v) is 6.54. The van der Waals surface area contributed by atoms with Gasteiger partial charge >= 0.3 is 0 Å². The van der Waals surface area contributed by atoms with Crippen LogP contribution < -0.4 is 10.3 Å². The monoisotopic (exact) mass is 271 g/mol. The molecule has 0 unspecified atom stereocenters. The first-order chi connectivity index (χ1) is 9.61. The van der Waals surface area contributed by atoms with Crippen molar-refractivity contribution < 1.29 is 9.53 Å². The molecule has 0 aliphatic carbocycles. The normalized spacial score (nSPS) is 10.3. The third-order valence-corrected chi connectivity index (χ3v) is 3.01. The number of aryl methyl sites for hydroxylation is 1. The van der Waals surface area contributed by atoms with E-state index in [-0.39, 0.29) is 17.9 Å². The number of ether oxygens (including phenoxy) is 1. The molecule has 1 heterocycles. The van der Waals surface area contributed by atoms with Gasteiger partial charge in [0.05, 0.1) is 13.2 Å². The zero-order valence-corrected chi connectivity index (χ0v) is 11.6. The van der Waals surface area contributed by atoms with Gasteiger partial charge in [0.1, 0.15) is 5.75 Å². The molecule has 104 valence electrons. The second kappa shape index (κ2) is 6.19. The zero-order chi connectivity index (χ0) is 14.5. The van der Waals surface area contributed by atoms with Crippen molar-refractivity contribution in [1.29, 1.82) is 0 Å². The van der Waals surface area contributed by atoms with Gasteiger partial charge in [0.25, 0.3) is 5.56 Å². The van der Waals surface area contributed by atoms with E-state index in [0.29, 0.717) is 17.7 Å².